The number of nitrogens with one attached hydrogen (secondary N) is 1. The lowest BCUT2D eigenvalue weighted by Crippen LogP contribution is -2.22. The molecule has 2 aliphatic carbocycles. The van der Waals surface area contributed by atoms with Crippen molar-refractivity contribution in [1.29, 1.82) is 0 Å². The molecule has 1 amide bonds. The number of rotatable bonds is 7. The monoisotopic (exact) mass is 372 g/mol. The number of benzene rings is 1. The fraction of sp³-hybridized carbons (Fsp3) is 0.636. The molecule has 0 spiro atoms. The van der Waals surface area contributed by atoms with Gasteiger partial charge in [0.15, 0.2) is 0 Å². The van der Waals surface area contributed by atoms with Gasteiger partial charge in [-0.1, -0.05) is 19.8 Å². The van der Waals surface area contributed by atoms with Gasteiger partial charge in [0.05, 0.1) is 18.4 Å². The predicted molar refractivity (Wildman–Crippen MR) is 107 cm³/mol. The molecule has 1 aromatic carbocycles. The maximum Gasteiger partial charge on any atom is 0.244 e. The molecule has 0 unspecified atom stereocenters. The highest BCUT2D eigenvalue weighted by molar-refractivity contribution is 5.87. The van der Waals surface area contributed by atoms with Gasteiger partial charge >= 0.3 is 0 Å². The third kappa shape index (κ3) is 4.45. The lowest BCUT2D eigenvalue weighted by molar-refractivity contribution is -0.123. The average Bonchev–Trinajstić information content (AvgIpc) is 3.21. The van der Waals surface area contributed by atoms with Crippen molar-refractivity contribution in [2.45, 2.75) is 72.5 Å². The van der Waals surface area contributed by atoms with Crippen LogP contribution in [0.2, 0.25) is 0 Å². The minimum atomic E-state index is 0.0376. The number of carbonyl (C=O) groups excluding carboxylic acids is 1. The smallest absolute Gasteiger partial charge is 0.244 e. The first kappa shape index (κ1) is 19.7. The summed E-state index contributed by atoms with van der Waals surface area (Å²) in [6.45, 7) is 10.2. The number of hydrazone groups is 1. The summed E-state index contributed by atoms with van der Waals surface area (Å²) in [6, 6.07) is 5.68. The summed E-state index contributed by atoms with van der Waals surface area (Å²) in [4.78, 5) is 12.5. The zero-order valence-electron chi connectivity index (χ0n) is 17.1. The van der Waals surface area contributed by atoms with Crippen LogP contribution in [0.25, 0.3) is 0 Å². The maximum atomic E-state index is 12.5. The van der Waals surface area contributed by atoms with E-state index in [2.05, 4.69) is 17.5 Å². The first-order chi connectivity index (χ1) is 12.8. The molecule has 2 aliphatic rings. The lowest BCUT2D eigenvalue weighted by atomic mass is 9.90. The van der Waals surface area contributed by atoms with E-state index in [9.17, 15) is 4.79 Å². The Morgan fingerprint density at radius 3 is 2.59 bits per heavy atom. The molecule has 27 heavy (non-hydrogen) atoms. The van der Waals surface area contributed by atoms with Crippen LogP contribution < -0.4 is 14.9 Å². The summed E-state index contributed by atoms with van der Waals surface area (Å²) in [7, 11) is 0. The molecule has 0 heterocycles. The van der Waals surface area contributed by atoms with Gasteiger partial charge in [-0.2, -0.15) is 5.10 Å². The van der Waals surface area contributed by atoms with E-state index in [0.717, 1.165) is 17.7 Å². The Labute approximate surface area is 162 Å². The first-order valence-electron chi connectivity index (χ1n) is 10.1. The normalized spacial score (nSPS) is 26.9. The number of nitrogens with zero attached hydrogens (tertiary/aromatic N) is 1. The van der Waals surface area contributed by atoms with Crippen molar-refractivity contribution in [3.8, 4) is 11.5 Å². The van der Waals surface area contributed by atoms with Gasteiger partial charge in [0.2, 0.25) is 5.91 Å². The first-order valence-corrected chi connectivity index (χ1v) is 10.1. The van der Waals surface area contributed by atoms with Crippen molar-refractivity contribution in [2.75, 3.05) is 0 Å². The van der Waals surface area contributed by atoms with Crippen molar-refractivity contribution in [2.24, 2.45) is 22.4 Å². The molecule has 148 valence electrons. The minimum absolute atomic E-state index is 0.0376. The van der Waals surface area contributed by atoms with Crippen LogP contribution in [0.5, 0.6) is 11.5 Å². The van der Waals surface area contributed by atoms with Gasteiger partial charge in [-0.3, -0.25) is 4.79 Å². The second-order valence-electron chi connectivity index (χ2n) is 8.60. The van der Waals surface area contributed by atoms with Gasteiger partial charge in [0.1, 0.15) is 11.5 Å². The fourth-order valence-corrected chi connectivity index (χ4v) is 4.41. The summed E-state index contributed by atoms with van der Waals surface area (Å²) >= 11 is 0. The highest BCUT2D eigenvalue weighted by Gasteiger charge is 2.64. The third-order valence-corrected chi connectivity index (χ3v) is 5.71. The number of ether oxygens (including phenoxy) is 2. The molecule has 0 bridgehead atoms. The number of fused-ring (bicyclic) bond motifs is 1. The van der Waals surface area contributed by atoms with Crippen molar-refractivity contribution in [1.82, 2.24) is 5.43 Å². The molecule has 2 fully saturated rings. The van der Waals surface area contributed by atoms with E-state index >= 15 is 0 Å². The maximum absolute atomic E-state index is 12.5. The Morgan fingerprint density at radius 2 is 1.96 bits per heavy atom. The van der Waals surface area contributed by atoms with E-state index in [4.69, 9.17) is 9.47 Å². The molecule has 3 atom stereocenters. The second-order valence-corrected chi connectivity index (χ2v) is 8.60. The average molecular weight is 373 g/mol. The summed E-state index contributed by atoms with van der Waals surface area (Å²) in [5.74, 6) is 2.16. The summed E-state index contributed by atoms with van der Waals surface area (Å²) < 4.78 is 11.6. The number of carbonyl (C=O) groups is 1. The van der Waals surface area contributed by atoms with Crippen LogP contribution in [0.1, 0.15) is 65.9 Å². The summed E-state index contributed by atoms with van der Waals surface area (Å²) in [6.07, 6.45) is 6.60. The SMILES string of the molecule is CC(C)Oc1ccc(/C=N\NC(=O)[C@H]2[C@@H]3CCCC[C@@]32C)c(OC(C)C)c1. The topological polar surface area (TPSA) is 59.9 Å². The summed E-state index contributed by atoms with van der Waals surface area (Å²) in [5.41, 5.74) is 3.76. The van der Waals surface area contributed by atoms with Crippen LogP contribution in [0.3, 0.4) is 0 Å². The molecular formula is C22H32N2O3. The van der Waals surface area contributed by atoms with Crippen LogP contribution in [0.15, 0.2) is 23.3 Å². The van der Waals surface area contributed by atoms with Crippen molar-refractivity contribution in [3.63, 3.8) is 0 Å². The highest BCUT2D eigenvalue weighted by atomic mass is 16.5. The van der Waals surface area contributed by atoms with E-state index in [1.165, 1.54) is 19.3 Å². The largest absolute Gasteiger partial charge is 0.491 e. The standard InChI is InChI=1S/C22H32N2O3/c1-14(2)26-17-10-9-16(19(12-17)27-15(3)4)13-23-24-21(25)20-18-8-6-7-11-22(18,20)5/h9-10,12-15,18,20H,6-8,11H2,1-5H3,(H,24,25)/b23-13-/t18-,20+,22-/m0/s1. The number of hydrogen-bond donors (Lipinski definition) is 1. The van der Waals surface area contributed by atoms with Gasteiger partial charge in [0, 0.05) is 17.5 Å². The number of hydrogen-bond acceptors (Lipinski definition) is 4. The Morgan fingerprint density at radius 1 is 1.22 bits per heavy atom. The van der Waals surface area contributed by atoms with Gasteiger partial charge in [-0.15, -0.1) is 0 Å². The van der Waals surface area contributed by atoms with Gasteiger partial charge in [-0.05, 0) is 64.0 Å². The van der Waals surface area contributed by atoms with E-state index in [1.54, 1.807) is 6.21 Å². The van der Waals surface area contributed by atoms with Crippen LogP contribution in [-0.4, -0.2) is 24.3 Å². The molecule has 2 saturated carbocycles. The van der Waals surface area contributed by atoms with Crippen LogP contribution in [0.4, 0.5) is 0 Å². The highest BCUT2D eigenvalue weighted by Crippen LogP contribution is 2.66. The van der Waals surface area contributed by atoms with E-state index < -0.39 is 0 Å². The molecule has 0 aromatic heterocycles. The minimum Gasteiger partial charge on any atom is -0.491 e. The Bertz CT molecular complexity index is 714. The van der Waals surface area contributed by atoms with Crippen molar-refractivity contribution < 1.29 is 14.3 Å². The van der Waals surface area contributed by atoms with Gasteiger partial charge in [0.25, 0.3) is 0 Å². The lowest BCUT2D eigenvalue weighted by Gasteiger charge is -2.16. The molecule has 1 N–H and O–H groups in total. The quantitative estimate of drug-likeness (QED) is 0.565. The Balaban J connectivity index is 1.66. The fourth-order valence-electron chi connectivity index (χ4n) is 4.41. The van der Waals surface area contributed by atoms with Crippen molar-refractivity contribution >= 4 is 12.1 Å². The Hall–Kier alpha value is -2.04. The van der Waals surface area contributed by atoms with Crippen LogP contribution in [0, 0.1) is 17.3 Å². The zero-order chi connectivity index (χ0) is 19.6. The van der Waals surface area contributed by atoms with E-state index in [0.29, 0.717) is 11.7 Å². The van der Waals surface area contributed by atoms with Crippen molar-refractivity contribution in [3.05, 3.63) is 23.8 Å². The molecule has 0 saturated heterocycles. The molecule has 5 nitrogen and oxygen atoms in total. The van der Waals surface area contributed by atoms with Crippen LogP contribution in [-0.2, 0) is 4.79 Å². The molecule has 1 aromatic rings. The van der Waals surface area contributed by atoms with Gasteiger partial charge < -0.3 is 9.47 Å². The zero-order valence-corrected chi connectivity index (χ0v) is 17.1. The Kier molecular flexibility index (Phi) is 5.78. The van der Waals surface area contributed by atoms with Gasteiger partial charge in [-0.25, -0.2) is 5.43 Å². The molecule has 0 radical (unpaired) electrons. The second kappa shape index (κ2) is 7.91. The van der Waals surface area contributed by atoms with E-state index in [1.807, 2.05) is 45.9 Å². The van der Waals surface area contributed by atoms with Crippen LogP contribution >= 0.6 is 0 Å². The molecule has 5 heteroatoms. The molecular weight excluding hydrogens is 340 g/mol. The summed E-state index contributed by atoms with van der Waals surface area (Å²) in [5, 5.41) is 4.20. The number of amides is 1. The van der Waals surface area contributed by atoms with E-state index in [-0.39, 0.29) is 29.4 Å². The molecule has 0 aliphatic heterocycles. The third-order valence-electron chi connectivity index (χ3n) is 5.71. The predicted octanol–water partition coefficient (Wildman–Crippen LogP) is 4.54. The molecule has 3 rings (SSSR count).